The number of hydrogen-bond acceptors (Lipinski definition) is 8. The lowest BCUT2D eigenvalue weighted by Crippen LogP contribution is -2.31. The number of carboxylic acids is 1. The number of carbonyl (C=O) groups is 1. The van der Waals surface area contributed by atoms with E-state index in [1.54, 1.807) is 0 Å². The Labute approximate surface area is 192 Å². The SMILES string of the molecule is CC(C)(C)c1cc(N[C@H]2CC[C@H](Oc3nc(CN4CCCC4)ns3)CC2)c(C(=O)O)s1. The zero-order valence-electron chi connectivity index (χ0n) is 18.5. The molecule has 0 radical (unpaired) electrons. The molecule has 0 unspecified atom stereocenters. The van der Waals surface area contributed by atoms with Crippen LogP contribution in [0.2, 0.25) is 0 Å². The van der Waals surface area contributed by atoms with Gasteiger partial charge in [0.2, 0.25) is 0 Å². The molecule has 170 valence electrons. The van der Waals surface area contributed by atoms with Crippen molar-refractivity contribution < 1.29 is 14.6 Å². The summed E-state index contributed by atoms with van der Waals surface area (Å²) in [4.78, 5) is 20.2. The van der Waals surface area contributed by atoms with Crippen molar-refractivity contribution >= 4 is 34.5 Å². The molecule has 2 aromatic heterocycles. The normalized spacial score (nSPS) is 22.5. The van der Waals surface area contributed by atoms with Gasteiger partial charge in [0.15, 0.2) is 5.82 Å². The second kappa shape index (κ2) is 9.42. The minimum absolute atomic E-state index is 0.0599. The predicted molar refractivity (Wildman–Crippen MR) is 125 cm³/mol. The molecule has 2 N–H and O–H groups in total. The van der Waals surface area contributed by atoms with Crippen molar-refractivity contribution in [2.45, 2.75) is 83.4 Å². The molecule has 7 nitrogen and oxygen atoms in total. The van der Waals surface area contributed by atoms with Crippen molar-refractivity contribution in [3.8, 4) is 5.19 Å². The van der Waals surface area contributed by atoms with Gasteiger partial charge in [-0.05, 0) is 63.1 Å². The highest BCUT2D eigenvalue weighted by Crippen LogP contribution is 2.37. The Kier molecular flexibility index (Phi) is 6.83. The molecule has 2 fully saturated rings. The fraction of sp³-hybridized carbons (Fsp3) is 0.682. The van der Waals surface area contributed by atoms with Crippen molar-refractivity contribution in [1.29, 1.82) is 0 Å². The predicted octanol–water partition coefficient (Wildman–Crippen LogP) is 4.99. The van der Waals surface area contributed by atoms with Gasteiger partial charge < -0.3 is 15.2 Å². The average Bonchev–Trinajstić information content (AvgIpc) is 3.45. The van der Waals surface area contributed by atoms with E-state index in [4.69, 9.17) is 4.74 Å². The van der Waals surface area contributed by atoms with Gasteiger partial charge in [0, 0.05) is 22.5 Å². The smallest absolute Gasteiger partial charge is 0.348 e. The van der Waals surface area contributed by atoms with Gasteiger partial charge in [-0.15, -0.1) is 11.3 Å². The van der Waals surface area contributed by atoms with E-state index < -0.39 is 5.97 Å². The van der Waals surface area contributed by atoms with Crippen molar-refractivity contribution in [3.05, 3.63) is 21.6 Å². The van der Waals surface area contributed by atoms with Gasteiger partial charge in [-0.3, -0.25) is 4.90 Å². The second-order valence-electron chi connectivity index (χ2n) is 9.60. The molecule has 1 saturated heterocycles. The van der Waals surface area contributed by atoms with Gasteiger partial charge >= 0.3 is 5.97 Å². The first kappa shape index (κ1) is 22.5. The Bertz CT molecular complexity index is 891. The molecular weight excluding hydrogens is 432 g/mol. The molecule has 2 aliphatic rings. The second-order valence-corrected chi connectivity index (χ2v) is 11.4. The maximum absolute atomic E-state index is 11.7. The molecule has 0 amide bonds. The van der Waals surface area contributed by atoms with Crippen LogP contribution >= 0.6 is 22.9 Å². The first-order valence-corrected chi connectivity index (χ1v) is 12.7. The van der Waals surface area contributed by atoms with Gasteiger partial charge in [-0.25, -0.2) is 4.79 Å². The fourth-order valence-corrected chi connectivity index (χ4v) is 5.83. The number of hydrogen-bond donors (Lipinski definition) is 2. The summed E-state index contributed by atoms with van der Waals surface area (Å²) in [5, 5.41) is 13.8. The molecule has 31 heavy (non-hydrogen) atoms. The topological polar surface area (TPSA) is 87.6 Å². The maximum Gasteiger partial charge on any atom is 0.348 e. The first-order chi connectivity index (χ1) is 14.8. The maximum atomic E-state index is 11.7. The van der Waals surface area contributed by atoms with Crippen LogP contribution in [0.5, 0.6) is 5.19 Å². The lowest BCUT2D eigenvalue weighted by atomic mass is 9.92. The summed E-state index contributed by atoms with van der Waals surface area (Å²) >= 11 is 2.73. The molecule has 2 aromatic rings. The summed E-state index contributed by atoms with van der Waals surface area (Å²) in [6.07, 6.45) is 6.43. The molecule has 0 spiro atoms. The van der Waals surface area contributed by atoms with Crippen LogP contribution < -0.4 is 10.1 Å². The van der Waals surface area contributed by atoms with Crippen LogP contribution in [-0.4, -0.2) is 50.6 Å². The highest BCUT2D eigenvalue weighted by atomic mass is 32.1. The molecule has 4 rings (SSSR count). The van der Waals surface area contributed by atoms with Crippen LogP contribution in [0, 0.1) is 0 Å². The van der Waals surface area contributed by atoms with Crippen molar-refractivity contribution in [2.24, 2.45) is 0 Å². The van der Waals surface area contributed by atoms with Crippen LogP contribution in [0.1, 0.15) is 79.7 Å². The number of likely N-dealkylation sites (tertiary alicyclic amines) is 1. The van der Waals surface area contributed by atoms with Gasteiger partial charge in [-0.2, -0.15) is 9.36 Å². The van der Waals surface area contributed by atoms with E-state index in [-0.39, 0.29) is 17.6 Å². The molecular formula is C22H32N4O3S2. The number of aromatic nitrogens is 2. The third kappa shape index (κ3) is 5.75. The first-order valence-electron chi connectivity index (χ1n) is 11.1. The van der Waals surface area contributed by atoms with Crippen LogP contribution in [0.25, 0.3) is 0 Å². The number of carboxylic acid groups (broad SMARTS) is 1. The van der Waals surface area contributed by atoms with E-state index >= 15 is 0 Å². The Balaban J connectivity index is 1.29. The number of aromatic carboxylic acids is 1. The summed E-state index contributed by atoms with van der Waals surface area (Å²) < 4.78 is 10.6. The number of thiophene rings is 1. The summed E-state index contributed by atoms with van der Waals surface area (Å²) in [5.74, 6) is 0.00610. The van der Waals surface area contributed by atoms with Crippen LogP contribution in [0.15, 0.2) is 6.07 Å². The number of rotatable bonds is 7. The Morgan fingerprint density at radius 3 is 2.61 bits per heavy atom. The Hall–Kier alpha value is -1.71. The molecule has 1 saturated carbocycles. The van der Waals surface area contributed by atoms with Crippen molar-refractivity contribution in [2.75, 3.05) is 18.4 Å². The standard InChI is InChI=1S/C22H32N4O3S2/c1-22(2,3)17-12-16(19(30-17)20(27)28)23-14-6-8-15(9-7-14)29-21-24-18(25-31-21)13-26-10-4-5-11-26/h12,14-15,23H,4-11,13H2,1-3H3,(H,27,28)/t14-,15-. The van der Waals surface area contributed by atoms with E-state index in [1.165, 1.54) is 35.7 Å². The lowest BCUT2D eigenvalue weighted by molar-refractivity contribution is 0.0703. The minimum atomic E-state index is -0.860. The Morgan fingerprint density at radius 1 is 1.26 bits per heavy atom. The van der Waals surface area contributed by atoms with Crippen molar-refractivity contribution in [3.63, 3.8) is 0 Å². The number of nitrogens with zero attached hydrogens (tertiary/aromatic N) is 3. The Morgan fingerprint density at radius 2 is 1.97 bits per heavy atom. The molecule has 9 heteroatoms. The van der Waals surface area contributed by atoms with Crippen LogP contribution in [0.3, 0.4) is 0 Å². The number of anilines is 1. The summed E-state index contributed by atoms with van der Waals surface area (Å²) in [6, 6.07) is 2.28. The molecule has 1 aliphatic heterocycles. The molecule has 1 aliphatic carbocycles. The number of ether oxygens (including phenoxy) is 1. The van der Waals surface area contributed by atoms with E-state index in [1.807, 2.05) is 6.07 Å². The summed E-state index contributed by atoms with van der Waals surface area (Å²) in [5.41, 5.74) is 0.692. The lowest BCUT2D eigenvalue weighted by Gasteiger charge is -2.29. The van der Waals surface area contributed by atoms with E-state index in [0.717, 1.165) is 61.7 Å². The van der Waals surface area contributed by atoms with E-state index in [2.05, 4.69) is 40.3 Å². The zero-order chi connectivity index (χ0) is 22.0. The molecule has 0 aromatic carbocycles. The monoisotopic (exact) mass is 464 g/mol. The van der Waals surface area contributed by atoms with Crippen LogP contribution in [-0.2, 0) is 12.0 Å². The van der Waals surface area contributed by atoms with Crippen LogP contribution in [0.4, 0.5) is 5.69 Å². The third-order valence-corrected chi connectivity index (χ3v) is 8.17. The number of nitrogens with one attached hydrogen (secondary N) is 1. The molecule has 0 atom stereocenters. The third-order valence-electron chi connectivity index (χ3n) is 5.98. The minimum Gasteiger partial charge on any atom is -0.477 e. The van der Waals surface area contributed by atoms with Crippen molar-refractivity contribution in [1.82, 2.24) is 14.3 Å². The summed E-state index contributed by atoms with van der Waals surface area (Å²) in [7, 11) is 0. The van der Waals surface area contributed by atoms with E-state index in [0.29, 0.717) is 10.1 Å². The summed E-state index contributed by atoms with van der Waals surface area (Å²) in [6.45, 7) is 9.43. The van der Waals surface area contributed by atoms with Gasteiger partial charge in [0.1, 0.15) is 11.0 Å². The fourth-order valence-electron chi connectivity index (χ4n) is 4.20. The molecule has 0 bridgehead atoms. The average molecular weight is 465 g/mol. The quantitative estimate of drug-likeness (QED) is 0.596. The molecule has 3 heterocycles. The zero-order valence-corrected chi connectivity index (χ0v) is 20.2. The van der Waals surface area contributed by atoms with Gasteiger partial charge in [0.05, 0.1) is 12.2 Å². The largest absolute Gasteiger partial charge is 0.477 e. The van der Waals surface area contributed by atoms with E-state index in [9.17, 15) is 9.90 Å². The van der Waals surface area contributed by atoms with Gasteiger partial charge in [0.25, 0.3) is 5.19 Å². The highest BCUT2D eigenvalue weighted by molar-refractivity contribution is 7.14. The highest BCUT2D eigenvalue weighted by Gasteiger charge is 2.27. The van der Waals surface area contributed by atoms with Gasteiger partial charge in [-0.1, -0.05) is 20.8 Å².